The first-order valence-corrected chi connectivity index (χ1v) is 10.2. The minimum absolute atomic E-state index is 0.188. The van der Waals surface area contributed by atoms with Gasteiger partial charge >= 0.3 is 0 Å². The van der Waals surface area contributed by atoms with Gasteiger partial charge < -0.3 is 9.73 Å². The number of amides is 1. The molecular formula is C21H18N2O4S. The summed E-state index contributed by atoms with van der Waals surface area (Å²) in [5, 5.41) is 2.69. The van der Waals surface area contributed by atoms with E-state index in [-0.39, 0.29) is 10.8 Å². The summed E-state index contributed by atoms with van der Waals surface area (Å²) in [6, 6.07) is 17.1. The molecule has 1 N–H and O–H groups in total. The summed E-state index contributed by atoms with van der Waals surface area (Å²) >= 11 is 0. The van der Waals surface area contributed by atoms with E-state index < -0.39 is 10.0 Å². The Hall–Kier alpha value is -3.32. The van der Waals surface area contributed by atoms with Gasteiger partial charge in [0.2, 0.25) is 5.91 Å². The van der Waals surface area contributed by atoms with Gasteiger partial charge in [-0.15, -0.1) is 0 Å². The highest BCUT2D eigenvalue weighted by atomic mass is 32.2. The number of hydrogen-bond acceptors (Lipinski definition) is 4. The Bertz CT molecular complexity index is 1120. The standard InChI is InChI=1S/C21H18N2O4S/c24-21(12-9-18-5-3-15-27-18)22-17-7-10-19(11-8-17)28(25,26)23-14-13-16-4-1-2-6-20(16)23/h1-12,15H,13-14H2,(H,22,24). The lowest BCUT2D eigenvalue weighted by atomic mass is 10.2. The number of carbonyl (C=O) groups is 1. The van der Waals surface area contributed by atoms with E-state index >= 15 is 0 Å². The summed E-state index contributed by atoms with van der Waals surface area (Å²) in [4.78, 5) is 12.2. The van der Waals surface area contributed by atoms with Gasteiger partial charge in [0, 0.05) is 18.3 Å². The number of nitrogens with zero attached hydrogens (tertiary/aromatic N) is 1. The molecule has 0 unspecified atom stereocenters. The molecule has 1 aromatic heterocycles. The number of carbonyl (C=O) groups excluding carboxylic acids is 1. The quantitative estimate of drug-likeness (QED) is 0.670. The van der Waals surface area contributed by atoms with Crippen molar-refractivity contribution in [2.75, 3.05) is 16.2 Å². The van der Waals surface area contributed by atoms with Crippen LogP contribution in [0.1, 0.15) is 11.3 Å². The number of para-hydroxylation sites is 1. The lowest BCUT2D eigenvalue weighted by molar-refractivity contribution is -0.111. The number of fused-ring (bicyclic) bond motifs is 1. The van der Waals surface area contributed by atoms with Crippen molar-refractivity contribution in [2.45, 2.75) is 11.3 Å². The fourth-order valence-corrected chi connectivity index (χ4v) is 4.63. The molecule has 28 heavy (non-hydrogen) atoms. The molecule has 1 aliphatic rings. The number of hydrogen-bond donors (Lipinski definition) is 1. The molecule has 3 aromatic rings. The normalized spacial score (nSPS) is 13.6. The number of anilines is 2. The Morgan fingerprint density at radius 1 is 1.04 bits per heavy atom. The highest BCUT2D eigenvalue weighted by Gasteiger charge is 2.30. The van der Waals surface area contributed by atoms with Gasteiger partial charge in [0.25, 0.3) is 10.0 Å². The van der Waals surface area contributed by atoms with Gasteiger partial charge in [-0.05, 0) is 60.5 Å². The van der Waals surface area contributed by atoms with Crippen LogP contribution in [0, 0.1) is 0 Å². The molecule has 0 bridgehead atoms. The van der Waals surface area contributed by atoms with Gasteiger partial charge in [-0.25, -0.2) is 8.42 Å². The Morgan fingerprint density at radius 3 is 2.57 bits per heavy atom. The zero-order chi connectivity index (χ0) is 19.6. The van der Waals surface area contributed by atoms with E-state index in [1.54, 1.807) is 30.3 Å². The van der Waals surface area contributed by atoms with Crippen molar-refractivity contribution in [3.63, 3.8) is 0 Å². The number of benzene rings is 2. The second kappa shape index (κ2) is 7.36. The first-order valence-electron chi connectivity index (χ1n) is 8.77. The van der Waals surface area contributed by atoms with E-state index in [0.29, 0.717) is 24.4 Å². The molecule has 0 saturated heterocycles. The molecule has 0 fully saturated rings. The summed E-state index contributed by atoms with van der Waals surface area (Å²) < 4.78 is 32.5. The molecule has 1 amide bonds. The van der Waals surface area contributed by atoms with Crippen molar-refractivity contribution < 1.29 is 17.6 Å². The first-order chi connectivity index (χ1) is 13.5. The third-order valence-electron chi connectivity index (χ3n) is 4.50. The lowest BCUT2D eigenvalue weighted by Gasteiger charge is -2.19. The number of nitrogens with one attached hydrogen (secondary N) is 1. The Morgan fingerprint density at radius 2 is 1.82 bits per heavy atom. The van der Waals surface area contributed by atoms with E-state index in [4.69, 9.17) is 4.42 Å². The van der Waals surface area contributed by atoms with Crippen molar-refractivity contribution in [1.82, 2.24) is 0 Å². The first kappa shape index (κ1) is 18.1. The topological polar surface area (TPSA) is 79.6 Å². The SMILES string of the molecule is O=C(C=Cc1ccco1)Nc1ccc(S(=O)(=O)N2CCc3ccccc32)cc1. The third kappa shape index (κ3) is 3.57. The van der Waals surface area contributed by atoms with Gasteiger partial charge in [0.15, 0.2) is 0 Å². The Balaban J connectivity index is 1.48. The van der Waals surface area contributed by atoms with E-state index in [1.165, 1.54) is 28.8 Å². The van der Waals surface area contributed by atoms with Crippen molar-refractivity contribution in [1.29, 1.82) is 0 Å². The molecule has 2 aromatic carbocycles. The highest BCUT2D eigenvalue weighted by Crippen LogP contribution is 2.32. The van der Waals surface area contributed by atoms with Crippen LogP contribution in [0.4, 0.5) is 11.4 Å². The number of sulfonamides is 1. The Labute approximate surface area is 163 Å². The number of furan rings is 1. The van der Waals surface area contributed by atoms with Gasteiger partial charge in [0.1, 0.15) is 5.76 Å². The van der Waals surface area contributed by atoms with Crippen molar-refractivity contribution in [3.8, 4) is 0 Å². The van der Waals surface area contributed by atoms with Gasteiger partial charge in [-0.2, -0.15) is 0 Å². The maximum atomic E-state index is 13.0. The molecule has 6 nitrogen and oxygen atoms in total. The minimum Gasteiger partial charge on any atom is -0.465 e. The minimum atomic E-state index is -3.64. The molecule has 1 aliphatic heterocycles. The summed E-state index contributed by atoms with van der Waals surface area (Å²) in [5.74, 6) is 0.239. The molecule has 4 rings (SSSR count). The molecule has 0 saturated carbocycles. The fraction of sp³-hybridized carbons (Fsp3) is 0.0952. The van der Waals surface area contributed by atoms with Crippen LogP contribution in [0.15, 0.2) is 82.3 Å². The van der Waals surface area contributed by atoms with Gasteiger partial charge in [-0.3, -0.25) is 9.10 Å². The van der Waals surface area contributed by atoms with Gasteiger partial charge in [-0.1, -0.05) is 18.2 Å². The number of rotatable bonds is 5. The average Bonchev–Trinajstić information content (AvgIpc) is 3.37. The molecule has 0 aliphatic carbocycles. The average molecular weight is 394 g/mol. The van der Waals surface area contributed by atoms with E-state index in [2.05, 4.69) is 5.32 Å². The van der Waals surface area contributed by atoms with Crippen LogP contribution in [0.25, 0.3) is 6.08 Å². The highest BCUT2D eigenvalue weighted by molar-refractivity contribution is 7.92. The van der Waals surface area contributed by atoms with Crippen molar-refractivity contribution in [2.24, 2.45) is 0 Å². The molecule has 0 radical (unpaired) electrons. The monoisotopic (exact) mass is 394 g/mol. The largest absolute Gasteiger partial charge is 0.465 e. The van der Waals surface area contributed by atoms with Crippen LogP contribution in [0.3, 0.4) is 0 Å². The molecule has 2 heterocycles. The third-order valence-corrected chi connectivity index (χ3v) is 6.32. The molecule has 142 valence electrons. The second-order valence-corrected chi connectivity index (χ2v) is 8.18. The maximum absolute atomic E-state index is 13.0. The van der Waals surface area contributed by atoms with Crippen LogP contribution < -0.4 is 9.62 Å². The predicted molar refractivity (Wildman–Crippen MR) is 107 cm³/mol. The smallest absolute Gasteiger partial charge is 0.264 e. The summed E-state index contributed by atoms with van der Waals surface area (Å²) in [7, 11) is -3.64. The van der Waals surface area contributed by atoms with Crippen LogP contribution in [-0.2, 0) is 21.2 Å². The molecular weight excluding hydrogens is 376 g/mol. The van der Waals surface area contributed by atoms with Crippen molar-refractivity contribution in [3.05, 3.63) is 84.3 Å². The van der Waals surface area contributed by atoms with E-state index in [0.717, 1.165) is 11.3 Å². The fourth-order valence-electron chi connectivity index (χ4n) is 3.12. The summed E-state index contributed by atoms with van der Waals surface area (Å²) in [6.45, 7) is 0.428. The summed E-state index contributed by atoms with van der Waals surface area (Å²) in [6.07, 6.45) is 5.13. The van der Waals surface area contributed by atoms with Crippen LogP contribution >= 0.6 is 0 Å². The Kier molecular flexibility index (Phi) is 4.75. The zero-order valence-electron chi connectivity index (χ0n) is 14.9. The zero-order valence-corrected chi connectivity index (χ0v) is 15.7. The molecule has 0 spiro atoms. The van der Waals surface area contributed by atoms with Crippen LogP contribution in [0.5, 0.6) is 0 Å². The van der Waals surface area contributed by atoms with Crippen LogP contribution in [-0.4, -0.2) is 20.9 Å². The van der Waals surface area contributed by atoms with Gasteiger partial charge in [0.05, 0.1) is 16.8 Å². The maximum Gasteiger partial charge on any atom is 0.264 e. The molecule has 0 atom stereocenters. The van der Waals surface area contributed by atoms with E-state index in [1.807, 2.05) is 24.3 Å². The predicted octanol–water partition coefficient (Wildman–Crippen LogP) is 3.68. The summed E-state index contributed by atoms with van der Waals surface area (Å²) in [5.41, 5.74) is 2.26. The van der Waals surface area contributed by atoms with Crippen molar-refractivity contribution >= 4 is 33.4 Å². The second-order valence-electron chi connectivity index (χ2n) is 6.32. The lowest BCUT2D eigenvalue weighted by Crippen LogP contribution is -2.29. The van der Waals surface area contributed by atoms with E-state index in [9.17, 15) is 13.2 Å². The molecule has 7 heteroatoms. The van der Waals surface area contributed by atoms with Crippen LogP contribution in [0.2, 0.25) is 0 Å².